The highest BCUT2D eigenvalue weighted by Crippen LogP contribution is 2.32. The summed E-state index contributed by atoms with van der Waals surface area (Å²) in [4.78, 5) is 16.7. The Hall–Kier alpha value is -1.62. The van der Waals surface area contributed by atoms with Crippen LogP contribution in [0.4, 0.5) is 0 Å². The highest BCUT2D eigenvalue weighted by Gasteiger charge is 2.27. The highest BCUT2D eigenvalue weighted by atomic mass is 35.5. The Balaban J connectivity index is 2.59. The lowest BCUT2D eigenvalue weighted by Gasteiger charge is -2.17. The van der Waals surface area contributed by atoms with Crippen LogP contribution in [0.5, 0.6) is 0 Å². The Morgan fingerprint density at radius 3 is 2.73 bits per heavy atom. The molecule has 1 unspecified atom stereocenters. The molecule has 0 aliphatic carbocycles. The number of hydrogen-bond acceptors (Lipinski definition) is 4. The van der Waals surface area contributed by atoms with Crippen LogP contribution in [-0.4, -0.2) is 27.7 Å². The van der Waals surface area contributed by atoms with Gasteiger partial charge in [-0.15, -0.1) is 0 Å². The highest BCUT2D eigenvalue weighted by molar-refractivity contribution is 6.30. The van der Waals surface area contributed by atoms with Crippen molar-refractivity contribution in [1.82, 2.24) is 14.6 Å². The molecule has 6 heteroatoms. The average Bonchev–Trinajstić information content (AvgIpc) is 2.88. The van der Waals surface area contributed by atoms with Crippen molar-refractivity contribution in [3.05, 3.63) is 28.2 Å². The molecule has 22 heavy (non-hydrogen) atoms. The number of rotatable bonds is 6. The second-order valence-electron chi connectivity index (χ2n) is 5.42. The van der Waals surface area contributed by atoms with E-state index < -0.39 is 5.92 Å². The lowest BCUT2D eigenvalue weighted by atomic mass is 9.94. The zero-order chi connectivity index (χ0) is 16.3. The van der Waals surface area contributed by atoms with E-state index in [0.717, 1.165) is 36.3 Å². The number of nitrogens with zero attached hydrogens (tertiary/aromatic N) is 3. The van der Waals surface area contributed by atoms with Crippen LogP contribution in [0.3, 0.4) is 0 Å². The smallest absolute Gasteiger partial charge is 0.313 e. The first-order chi connectivity index (χ1) is 10.5. The molecule has 0 fully saturated rings. The molecule has 0 saturated heterocycles. The van der Waals surface area contributed by atoms with E-state index in [4.69, 9.17) is 16.3 Å². The van der Waals surface area contributed by atoms with Gasteiger partial charge in [-0.05, 0) is 19.8 Å². The van der Waals surface area contributed by atoms with Gasteiger partial charge in [-0.25, -0.2) is 9.50 Å². The normalized spacial score (nSPS) is 12.6. The minimum Gasteiger partial charge on any atom is -0.469 e. The van der Waals surface area contributed by atoms with Crippen molar-refractivity contribution >= 4 is 23.2 Å². The zero-order valence-electron chi connectivity index (χ0n) is 13.5. The van der Waals surface area contributed by atoms with Crippen LogP contribution in [-0.2, 0) is 16.0 Å². The average molecular weight is 324 g/mol. The Bertz CT molecular complexity index is 682. The van der Waals surface area contributed by atoms with E-state index in [2.05, 4.69) is 17.0 Å². The molecule has 2 heterocycles. The van der Waals surface area contributed by atoms with E-state index in [1.165, 1.54) is 7.11 Å². The predicted molar refractivity (Wildman–Crippen MR) is 86.4 cm³/mol. The lowest BCUT2D eigenvalue weighted by Crippen LogP contribution is -2.18. The van der Waals surface area contributed by atoms with Crippen LogP contribution < -0.4 is 0 Å². The van der Waals surface area contributed by atoms with Crippen LogP contribution in [0.2, 0.25) is 5.15 Å². The molecule has 120 valence electrons. The van der Waals surface area contributed by atoms with Crippen LogP contribution in [0.1, 0.15) is 56.0 Å². The summed E-state index contributed by atoms with van der Waals surface area (Å²) in [6.45, 7) is 6.00. The topological polar surface area (TPSA) is 56.5 Å². The Labute approximate surface area is 135 Å². The molecular weight excluding hydrogens is 302 g/mol. The van der Waals surface area contributed by atoms with E-state index in [1.54, 1.807) is 4.52 Å². The number of fused-ring (bicyclic) bond motifs is 1. The fraction of sp³-hybridized carbons (Fsp3) is 0.562. The molecule has 0 saturated carbocycles. The van der Waals surface area contributed by atoms with Gasteiger partial charge in [0.2, 0.25) is 0 Å². The minimum absolute atomic E-state index is 0.283. The molecule has 0 aliphatic rings. The van der Waals surface area contributed by atoms with Gasteiger partial charge in [0.15, 0.2) is 5.65 Å². The first kappa shape index (κ1) is 16.7. The van der Waals surface area contributed by atoms with Crippen LogP contribution in [0.15, 0.2) is 6.07 Å². The Morgan fingerprint density at radius 2 is 2.14 bits per heavy atom. The summed E-state index contributed by atoms with van der Waals surface area (Å²) in [5, 5.41) is 4.95. The van der Waals surface area contributed by atoms with E-state index in [1.807, 2.05) is 19.9 Å². The summed E-state index contributed by atoms with van der Waals surface area (Å²) >= 11 is 6.54. The van der Waals surface area contributed by atoms with Crippen LogP contribution in [0, 0.1) is 6.92 Å². The largest absolute Gasteiger partial charge is 0.469 e. The second-order valence-corrected chi connectivity index (χ2v) is 5.78. The van der Waals surface area contributed by atoms with Gasteiger partial charge in [0, 0.05) is 17.3 Å². The van der Waals surface area contributed by atoms with E-state index in [9.17, 15) is 4.79 Å². The summed E-state index contributed by atoms with van der Waals surface area (Å²) in [5.74, 6) is -0.688. The maximum atomic E-state index is 12.1. The van der Waals surface area contributed by atoms with Gasteiger partial charge in [-0.3, -0.25) is 4.79 Å². The van der Waals surface area contributed by atoms with E-state index >= 15 is 0 Å². The van der Waals surface area contributed by atoms with Crippen molar-refractivity contribution < 1.29 is 9.53 Å². The number of aryl methyl sites for hydroxylation is 2. The molecule has 2 rings (SSSR count). The van der Waals surface area contributed by atoms with Gasteiger partial charge >= 0.3 is 5.97 Å². The Kier molecular flexibility index (Phi) is 5.40. The van der Waals surface area contributed by atoms with Crippen molar-refractivity contribution in [2.75, 3.05) is 7.11 Å². The molecule has 1 atom stereocenters. The van der Waals surface area contributed by atoms with Gasteiger partial charge in [-0.2, -0.15) is 5.10 Å². The molecule has 5 nitrogen and oxygen atoms in total. The molecular formula is C16H22ClN3O2. The number of hydrogen-bond donors (Lipinski definition) is 0. The standard InChI is InChI=1S/C16H22ClN3O2/c1-5-7-11-9-13-18-10(3)14(15(17)20(13)19-11)12(8-6-2)16(21)22-4/h9,12H,5-8H2,1-4H3. The number of carbonyl (C=O) groups excluding carboxylic acids is 1. The fourth-order valence-electron chi connectivity index (χ4n) is 2.72. The van der Waals surface area contributed by atoms with Gasteiger partial charge in [0.25, 0.3) is 0 Å². The number of methoxy groups -OCH3 is 1. The summed E-state index contributed by atoms with van der Waals surface area (Å²) in [7, 11) is 1.40. The van der Waals surface area contributed by atoms with Gasteiger partial charge < -0.3 is 4.74 Å². The summed E-state index contributed by atoms with van der Waals surface area (Å²) in [6, 6.07) is 1.94. The van der Waals surface area contributed by atoms with Crippen molar-refractivity contribution in [2.45, 2.75) is 52.4 Å². The molecule has 0 spiro atoms. The van der Waals surface area contributed by atoms with Crippen LogP contribution in [0.25, 0.3) is 5.65 Å². The number of carbonyl (C=O) groups is 1. The molecule has 0 bridgehead atoms. The number of ether oxygens (including phenoxy) is 1. The molecule has 0 amide bonds. The fourth-order valence-corrected chi connectivity index (χ4v) is 3.12. The molecule has 2 aromatic heterocycles. The maximum Gasteiger partial charge on any atom is 0.313 e. The molecule has 2 aromatic rings. The minimum atomic E-state index is -0.404. The Morgan fingerprint density at radius 1 is 1.41 bits per heavy atom. The first-order valence-corrected chi connectivity index (χ1v) is 8.03. The third-order valence-electron chi connectivity index (χ3n) is 3.74. The van der Waals surface area contributed by atoms with Gasteiger partial charge in [-0.1, -0.05) is 38.3 Å². The van der Waals surface area contributed by atoms with Gasteiger partial charge in [0.05, 0.1) is 18.7 Å². The molecule has 0 aromatic carbocycles. The summed E-state index contributed by atoms with van der Waals surface area (Å²) < 4.78 is 6.56. The number of aromatic nitrogens is 3. The first-order valence-electron chi connectivity index (χ1n) is 7.65. The quantitative estimate of drug-likeness (QED) is 0.601. The number of esters is 1. The second kappa shape index (κ2) is 7.09. The SMILES string of the molecule is CCCc1cc2nc(C)c(C(CCC)C(=O)OC)c(Cl)n2n1. The van der Waals surface area contributed by atoms with Gasteiger partial charge in [0.1, 0.15) is 5.15 Å². The van der Waals surface area contributed by atoms with E-state index in [-0.39, 0.29) is 5.97 Å². The third kappa shape index (κ3) is 3.09. The zero-order valence-corrected chi connectivity index (χ0v) is 14.3. The van der Waals surface area contributed by atoms with Crippen LogP contribution >= 0.6 is 11.6 Å². The van der Waals surface area contributed by atoms with Crippen molar-refractivity contribution in [3.63, 3.8) is 0 Å². The molecule has 0 N–H and O–H groups in total. The summed E-state index contributed by atoms with van der Waals surface area (Å²) in [5.41, 5.74) is 3.15. The maximum absolute atomic E-state index is 12.1. The molecule has 0 radical (unpaired) electrons. The monoisotopic (exact) mass is 323 g/mol. The third-order valence-corrected chi connectivity index (χ3v) is 4.10. The number of halogens is 1. The van der Waals surface area contributed by atoms with Crippen molar-refractivity contribution in [1.29, 1.82) is 0 Å². The van der Waals surface area contributed by atoms with Crippen molar-refractivity contribution in [3.8, 4) is 0 Å². The lowest BCUT2D eigenvalue weighted by molar-refractivity contribution is -0.142. The molecule has 0 aliphatic heterocycles. The predicted octanol–water partition coefficient (Wildman–Crippen LogP) is 3.70. The summed E-state index contributed by atoms with van der Waals surface area (Å²) in [6.07, 6.45) is 3.41. The van der Waals surface area contributed by atoms with Crippen molar-refractivity contribution in [2.24, 2.45) is 0 Å². The van der Waals surface area contributed by atoms with E-state index in [0.29, 0.717) is 17.1 Å².